The lowest BCUT2D eigenvalue weighted by Gasteiger charge is -2.30. The molecule has 0 spiro atoms. The molecule has 0 bridgehead atoms. The van der Waals surface area contributed by atoms with Crippen LogP contribution in [0.15, 0.2) is 6.07 Å². The van der Waals surface area contributed by atoms with Crippen LogP contribution >= 0.6 is 15.9 Å². The van der Waals surface area contributed by atoms with Crippen molar-refractivity contribution in [1.29, 1.82) is 0 Å². The molecule has 1 aromatic rings. The van der Waals surface area contributed by atoms with Crippen molar-refractivity contribution in [2.24, 2.45) is 0 Å². The van der Waals surface area contributed by atoms with Gasteiger partial charge in [0.1, 0.15) is 0 Å². The summed E-state index contributed by atoms with van der Waals surface area (Å²) in [6.45, 7) is 6.78. The first-order valence-electron chi connectivity index (χ1n) is 6.56. The lowest BCUT2D eigenvalue weighted by Crippen LogP contribution is -2.37. The molecule has 0 aliphatic carbocycles. The molecule has 1 aliphatic heterocycles. The predicted molar refractivity (Wildman–Crippen MR) is 76.7 cm³/mol. The summed E-state index contributed by atoms with van der Waals surface area (Å²) in [7, 11) is 0. The Morgan fingerprint density at radius 3 is 3.06 bits per heavy atom. The van der Waals surface area contributed by atoms with Crippen LogP contribution < -0.4 is 9.64 Å². The number of halogens is 1. The van der Waals surface area contributed by atoms with Crippen LogP contribution in [0.2, 0.25) is 0 Å². The van der Waals surface area contributed by atoms with Gasteiger partial charge in [0, 0.05) is 29.7 Å². The zero-order valence-electron chi connectivity index (χ0n) is 11.0. The third-order valence-corrected chi connectivity index (χ3v) is 3.67. The van der Waals surface area contributed by atoms with Gasteiger partial charge in [-0.25, -0.2) is 4.98 Å². The minimum absolute atomic E-state index is 0.537. The molecule has 1 atom stereocenters. The summed E-state index contributed by atoms with van der Waals surface area (Å²) in [6.07, 6.45) is 3.39. The first kappa shape index (κ1) is 13.6. The van der Waals surface area contributed by atoms with E-state index in [0.29, 0.717) is 17.3 Å². The molecule has 0 saturated carbocycles. The number of anilines is 1. The van der Waals surface area contributed by atoms with E-state index in [9.17, 15) is 0 Å². The normalized spacial score (nSPS) is 19.9. The minimum Gasteiger partial charge on any atom is -0.478 e. The summed E-state index contributed by atoms with van der Waals surface area (Å²) < 4.78 is 5.60. The molecular formula is C13H20BrN3O. The first-order chi connectivity index (χ1) is 8.69. The van der Waals surface area contributed by atoms with E-state index in [4.69, 9.17) is 4.74 Å². The second-order valence-electron chi connectivity index (χ2n) is 4.68. The minimum atomic E-state index is 0.537. The Morgan fingerprint density at radius 1 is 1.50 bits per heavy atom. The number of rotatable bonds is 4. The van der Waals surface area contributed by atoms with E-state index in [-0.39, 0.29) is 0 Å². The molecule has 0 radical (unpaired) electrons. The smallest absolute Gasteiger partial charge is 0.228 e. The third kappa shape index (κ3) is 3.57. The highest BCUT2D eigenvalue weighted by atomic mass is 79.9. The number of hydrogen-bond donors (Lipinski definition) is 0. The van der Waals surface area contributed by atoms with E-state index < -0.39 is 0 Å². The van der Waals surface area contributed by atoms with Gasteiger partial charge in [-0.1, -0.05) is 22.9 Å². The summed E-state index contributed by atoms with van der Waals surface area (Å²) >= 11 is 3.68. The molecule has 5 heteroatoms. The van der Waals surface area contributed by atoms with Gasteiger partial charge in [-0.2, -0.15) is 4.98 Å². The molecule has 18 heavy (non-hydrogen) atoms. The van der Waals surface area contributed by atoms with E-state index in [1.165, 1.54) is 12.8 Å². The molecule has 4 nitrogen and oxygen atoms in total. The SMILES string of the molecule is CCCOc1cc(C)nc(N2CCCC(Br)C2)n1. The average Bonchev–Trinajstić information content (AvgIpc) is 2.36. The molecule has 1 fully saturated rings. The van der Waals surface area contributed by atoms with Gasteiger partial charge in [-0.05, 0) is 26.2 Å². The number of nitrogens with zero attached hydrogens (tertiary/aromatic N) is 3. The predicted octanol–water partition coefficient (Wildman–Crippen LogP) is 2.94. The van der Waals surface area contributed by atoms with E-state index >= 15 is 0 Å². The molecule has 1 unspecified atom stereocenters. The van der Waals surface area contributed by atoms with Crippen LogP contribution in [0.3, 0.4) is 0 Å². The Labute approximate surface area is 117 Å². The van der Waals surface area contributed by atoms with E-state index in [1.54, 1.807) is 0 Å². The van der Waals surface area contributed by atoms with Crippen molar-refractivity contribution in [2.75, 3.05) is 24.6 Å². The van der Waals surface area contributed by atoms with E-state index in [0.717, 1.165) is 31.2 Å². The summed E-state index contributed by atoms with van der Waals surface area (Å²) in [5, 5.41) is 0. The van der Waals surface area contributed by atoms with Crippen LogP contribution in [-0.2, 0) is 0 Å². The summed E-state index contributed by atoms with van der Waals surface area (Å²) in [5.41, 5.74) is 0.961. The first-order valence-corrected chi connectivity index (χ1v) is 7.48. The summed E-state index contributed by atoms with van der Waals surface area (Å²) in [4.78, 5) is 11.8. The third-order valence-electron chi connectivity index (χ3n) is 2.92. The maximum Gasteiger partial charge on any atom is 0.228 e. The van der Waals surface area contributed by atoms with Crippen molar-refractivity contribution in [1.82, 2.24) is 9.97 Å². The molecule has 100 valence electrons. The highest BCUT2D eigenvalue weighted by molar-refractivity contribution is 9.09. The molecule has 1 aliphatic rings. The second-order valence-corrected chi connectivity index (χ2v) is 5.98. The van der Waals surface area contributed by atoms with Crippen LogP contribution in [0.25, 0.3) is 0 Å². The van der Waals surface area contributed by atoms with Gasteiger partial charge in [0.2, 0.25) is 11.8 Å². The van der Waals surface area contributed by atoms with Crippen LogP contribution in [0.1, 0.15) is 31.9 Å². The van der Waals surface area contributed by atoms with Crippen molar-refractivity contribution in [3.63, 3.8) is 0 Å². The fraction of sp³-hybridized carbons (Fsp3) is 0.692. The van der Waals surface area contributed by atoms with Crippen molar-refractivity contribution in [3.05, 3.63) is 11.8 Å². The maximum atomic E-state index is 5.60. The summed E-state index contributed by atoms with van der Waals surface area (Å²) in [6, 6.07) is 1.90. The van der Waals surface area contributed by atoms with Crippen molar-refractivity contribution in [2.45, 2.75) is 37.9 Å². The lowest BCUT2D eigenvalue weighted by molar-refractivity contribution is 0.304. The summed E-state index contributed by atoms with van der Waals surface area (Å²) in [5.74, 6) is 1.49. The number of piperidine rings is 1. The average molecular weight is 314 g/mol. The van der Waals surface area contributed by atoms with Crippen LogP contribution in [0, 0.1) is 6.92 Å². The van der Waals surface area contributed by atoms with Crippen LogP contribution in [0.4, 0.5) is 5.95 Å². The van der Waals surface area contributed by atoms with Gasteiger partial charge in [0.25, 0.3) is 0 Å². The molecular weight excluding hydrogens is 294 g/mol. The Balaban J connectivity index is 2.13. The van der Waals surface area contributed by atoms with Gasteiger partial charge in [0.05, 0.1) is 6.61 Å². The van der Waals surface area contributed by atoms with Crippen LogP contribution in [0.5, 0.6) is 5.88 Å². The Bertz CT molecular complexity index is 400. The highest BCUT2D eigenvalue weighted by Crippen LogP contribution is 2.22. The van der Waals surface area contributed by atoms with E-state index in [1.807, 2.05) is 13.0 Å². The second kappa shape index (κ2) is 6.36. The Hall–Kier alpha value is -0.840. The van der Waals surface area contributed by atoms with E-state index in [2.05, 4.69) is 37.7 Å². The number of ether oxygens (including phenoxy) is 1. The van der Waals surface area contributed by atoms with Crippen LogP contribution in [-0.4, -0.2) is 34.5 Å². The quantitative estimate of drug-likeness (QED) is 0.801. The Kier molecular flexibility index (Phi) is 4.80. The molecule has 0 amide bonds. The molecule has 2 rings (SSSR count). The van der Waals surface area contributed by atoms with Crippen molar-refractivity contribution >= 4 is 21.9 Å². The lowest BCUT2D eigenvalue weighted by atomic mass is 10.1. The van der Waals surface area contributed by atoms with Gasteiger partial charge in [-0.15, -0.1) is 0 Å². The van der Waals surface area contributed by atoms with Gasteiger partial charge in [-0.3, -0.25) is 0 Å². The van der Waals surface area contributed by atoms with Crippen molar-refractivity contribution < 1.29 is 4.74 Å². The molecule has 0 aromatic carbocycles. The van der Waals surface area contributed by atoms with Crippen molar-refractivity contribution in [3.8, 4) is 5.88 Å². The fourth-order valence-electron chi connectivity index (χ4n) is 2.05. The number of aromatic nitrogens is 2. The molecule has 1 saturated heterocycles. The fourth-order valence-corrected chi connectivity index (χ4v) is 2.73. The number of aryl methyl sites for hydroxylation is 1. The molecule has 1 aromatic heterocycles. The maximum absolute atomic E-state index is 5.60. The zero-order chi connectivity index (χ0) is 13.0. The van der Waals surface area contributed by atoms with Gasteiger partial charge in [0.15, 0.2) is 0 Å². The number of hydrogen-bond acceptors (Lipinski definition) is 4. The largest absolute Gasteiger partial charge is 0.478 e. The van der Waals surface area contributed by atoms with Gasteiger partial charge >= 0.3 is 0 Å². The highest BCUT2D eigenvalue weighted by Gasteiger charge is 2.20. The Morgan fingerprint density at radius 2 is 2.33 bits per heavy atom. The van der Waals surface area contributed by atoms with Gasteiger partial charge < -0.3 is 9.64 Å². The zero-order valence-corrected chi connectivity index (χ0v) is 12.6. The monoisotopic (exact) mass is 313 g/mol. The molecule has 0 N–H and O–H groups in total. The molecule has 2 heterocycles. The standard InChI is InChI=1S/C13H20BrN3O/c1-3-7-18-12-8-10(2)15-13(16-12)17-6-4-5-11(14)9-17/h8,11H,3-7,9H2,1-2H3. The number of alkyl halides is 1. The topological polar surface area (TPSA) is 38.2 Å².